The van der Waals surface area contributed by atoms with Crippen LogP contribution >= 0.6 is 24.0 Å². The zero-order valence-electron chi connectivity index (χ0n) is 17.8. The van der Waals surface area contributed by atoms with Gasteiger partial charge >= 0.3 is 0 Å². The number of methoxy groups -OCH3 is 1. The van der Waals surface area contributed by atoms with Crippen LogP contribution in [-0.4, -0.2) is 68.8 Å². The number of halogens is 1. The number of hydrogen-bond donors (Lipinski definition) is 1. The Morgan fingerprint density at radius 3 is 2.83 bits per heavy atom. The molecule has 1 atom stereocenters. The summed E-state index contributed by atoms with van der Waals surface area (Å²) in [7, 11) is 5.67. The molecule has 1 unspecified atom stereocenters. The number of aromatic nitrogens is 5. The van der Waals surface area contributed by atoms with E-state index in [0.717, 1.165) is 63.1 Å². The molecule has 10 heteroatoms. The molecule has 0 saturated carbocycles. The van der Waals surface area contributed by atoms with E-state index in [1.54, 1.807) is 7.11 Å². The third-order valence-corrected chi connectivity index (χ3v) is 5.23. The van der Waals surface area contributed by atoms with Crippen LogP contribution in [0.4, 0.5) is 0 Å². The van der Waals surface area contributed by atoms with Crippen LogP contribution in [0, 0.1) is 12.8 Å². The molecule has 0 aliphatic carbocycles. The molecule has 1 fully saturated rings. The van der Waals surface area contributed by atoms with Crippen LogP contribution in [-0.2, 0) is 31.8 Å². The van der Waals surface area contributed by atoms with Crippen molar-refractivity contribution in [2.75, 3.05) is 33.4 Å². The van der Waals surface area contributed by atoms with Gasteiger partial charge in [0.1, 0.15) is 12.4 Å². The van der Waals surface area contributed by atoms with Gasteiger partial charge in [-0.25, -0.2) is 4.99 Å². The van der Waals surface area contributed by atoms with Crippen molar-refractivity contribution in [2.45, 2.75) is 32.7 Å². The Bertz CT molecular complexity index is 787. The van der Waals surface area contributed by atoms with Crippen LogP contribution in [0.5, 0.6) is 0 Å². The number of ether oxygens (including phenoxy) is 1. The third kappa shape index (κ3) is 6.66. The Labute approximate surface area is 189 Å². The Balaban J connectivity index is 0.00000300. The van der Waals surface area contributed by atoms with Crippen LogP contribution in [0.3, 0.4) is 0 Å². The van der Waals surface area contributed by atoms with E-state index in [9.17, 15) is 0 Å². The molecule has 1 aliphatic heterocycles. The Morgan fingerprint density at radius 2 is 2.17 bits per heavy atom. The summed E-state index contributed by atoms with van der Waals surface area (Å²) in [5.74, 6) is 3.34. The maximum absolute atomic E-state index is 5.16. The van der Waals surface area contributed by atoms with Crippen molar-refractivity contribution in [3.63, 3.8) is 0 Å². The number of likely N-dealkylation sites (tertiary alicyclic amines) is 1. The molecule has 3 heterocycles. The lowest BCUT2D eigenvalue weighted by Gasteiger charge is -2.22. The quantitative estimate of drug-likeness (QED) is 0.248. The number of aliphatic imine (C=N–C) groups is 1. The summed E-state index contributed by atoms with van der Waals surface area (Å²) < 4.78 is 9.02. The van der Waals surface area contributed by atoms with E-state index in [4.69, 9.17) is 9.73 Å². The molecule has 2 aromatic rings. The monoisotopic (exact) mass is 516 g/mol. The van der Waals surface area contributed by atoms with Crippen LogP contribution in [0.15, 0.2) is 17.4 Å². The predicted octanol–water partition coefficient (Wildman–Crippen LogP) is 1.52. The van der Waals surface area contributed by atoms with Crippen molar-refractivity contribution in [1.82, 2.24) is 34.8 Å². The molecule has 0 radical (unpaired) electrons. The molecule has 0 aromatic carbocycles. The third-order valence-electron chi connectivity index (χ3n) is 5.23. The minimum absolute atomic E-state index is 0. The smallest absolute Gasteiger partial charge is 0.194 e. The highest BCUT2D eigenvalue weighted by Gasteiger charge is 2.25. The van der Waals surface area contributed by atoms with Gasteiger partial charge in [0, 0.05) is 53.6 Å². The maximum Gasteiger partial charge on any atom is 0.194 e. The average Bonchev–Trinajstić information content (AvgIpc) is 3.38. The molecule has 1 saturated heterocycles. The maximum atomic E-state index is 5.16. The second-order valence-electron chi connectivity index (χ2n) is 7.46. The second-order valence-corrected chi connectivity index (χ2v) is 7.46. The second kappa shape index (κ2) is 11.5. The van der Waals surface area contributed by atoms with Crippen molar-refractivity contribution in [3.05, 3.63) is 29.6 Å². The molecule has 1 N–H and O–H groups in total. The fraction of sp³-hybridized carbons (Fsp3) is 0.684. The van der Waals surface area contributed by atoms with E-state index in [-0.39, 0.29) is 24.0 Å². The molecular weight excluding hydrogens is 483 g/mol. The highest BCUT2D eigenvalue weighted by molar-refractivity contribution is 14.0. The summed E-state index contributed by atoms with van der Waals surface area (Å²) in [6.45, 7) is 6.07. The highest BCUT2D eigenvalue weighted by atomic mass is 127. The molecule has 0 amide bonds. The zero-order chi connectivity index (χ0) is 19.9. The SMILES string of the molecule is COCCCNC(=NCc1nnc(C)n1C)N1CCC(Cc2cnn(C)c2)C1.I. The number of nitrogens with zero attached hydrogens (tertiary/aromatic N) is 7. The Kier molecular flexibility index (Phi) is 9.34. The average molecular weight is 516 g/mol. The van der Waals surface area contributed by atoms with Crippen LogP contribution < -0.4 is 5.32 Å². The van der Waals surface area contributed by atoms with Gasteiger partial charge in [-0.15, -0.1) is 34.2 Å². The van der Waals surface area contributed by atoms with Gasteiger partial charge in [-0.3, -0.25) is 4.68 Å². The summed E-state index contributed by atoms with van der Waals surface area (Å²) in [6.07, 6.45) is 7.25. The molecule has 1 aliphatic rings. The number of hydrogen-bond acceptors (Lipinski definition) is 5. The number of guanidine groups is 1. The van der Waals surface area contributed by atoms with E-state index in [1.165, 1.54) is 5.56 Å². The van der Waals surface area contributed by atoms with E-state index < -0.39 is 0 Å². The van der Waals surface area contributed by atoms with Crippen molar-refractivity contribution in [1.29, 1.82) is 0 Å². The standard InChI is InChI=1S/C19H32N8O.HI/c1-15-23-24-18(26(15)3)12-21-19(20-7-5-9-28-4)27-8-6-16(14-27)10-17-11-22-25(2)13-17;/h11,13,16H,5-10,12,14H2,1-4H3,(H,20,21);1H. The summed E-state index contributed by atoms with van der Waals surface area (Å²) in [5.41, 5.74) is 1.30. The van der Waals surface area contributed by atoms with Gasteiger partial charge in [-0.2, -0.15) is 5.10 Å². The van der Waals surface area contributed by atoms with Gasteiger partial charge in [0.25, 0.3) is 0 Å². The van der Waals surface area contributed by atoms with Crippen molar-refractivity contribution in [2.24, 2.45) is 25.0 Å². The fourth-order valence-electron chi connectivity index (χ4n) is 3.52. The van der Waals surface area contributed by atoms with E-state index in [2.05, 4.69) is 31.7 Å². The summed E-state index contributed by atoms with van der Waals surface area (Å²) >= 11 is 0. The normalized spacial score (nSPS) is 16.9. The summed E-state index contributed by atoms with van der Waals surface area (Å²) in [6, 6.07) is 0. The molecule has 0 bridgehead atoms. The van der Waals surface area contributed by atoms with Crippen LogP contribution in [0.1, 0.15) is 30.1 Å². The lowest BCUT2D eigenvalue weighted by atomic mass is 10.0. The van der Waals surface area contributed by atoms with E-state index in [1.807, 2.05) is 36.5 Å². The van der Waals surface area contributed by atoms with Crippen molar-refractivity contribution < 1.29 is 4.74 Å². The Hall–Kier alpha value is -1.69. The number of aryl methyl sites for hydroxylation is 2. The van der Waals surface area contributed by atoms with Gasteiger partial charge < -0.3 is 19.5 Å². The van der Waals surface area contributed by atoms with Crippen molar-refractivity contribution >= 4 is 29.9 Å². The van der Waals surface area contributed by atoms with Crippen molar-refractivity contribution in [3.8, 4) is 0 Å². The van der Waals surface area contributed by atoms with Gasteiger partial charge in [-0.1, -0.05) is 0 Å². The van der Waals surface area contributed by atoms with Crippen LogP contribution in [0.25, 0.3) is 0 Å². The van der Waals surface area contributed by atoms with E-state index in [0.29, 0.717) is 12.5 Å². The first kappa shape index (κ1) is 23.6. The van der Waals surface area contributed by atoms with Gasteiger partial charge in [0.05, 0.1) is 6.20 Å². The summed E-state index contributed by atoms with van der Waals surface area (Å²) in [4.78, 5) is 7.20. The first-order chi connectivity index (χ1) is 13.6. The lowest BCUT2D eigenvalue weighted by molar-refractivity contribution is 0.195. The van der Waals surface area contributed by atoms with Gasteiger partial charge in [0.15, 0.2) is 11.8 Å². The zero-order valence-corrected chi connectivity index (χ0v) is 20.2. The fourth-order valence-corrected chi connectivity index (χ4v) is 3.52. The minimum Gasteiger partial charge on any atom is -0.385 e. The molecule has 3 rings (SSSR count). The predicted molar refractivity (Wildman–Crippen MR) is 123 cm³/mol. The Morgan fingerprint density at radius 1 is 1.34 bits per heavy atom. The van der Waals surface area contributed by atoms with E-state index >= 15 is 0 Å². The number of rotatable bonds is 8. The lowest BCUT2D eigenvalue weighted by Crippen LogP contribution is -2.41. The minimum atomic E-state index is 0. The molecular formula is C19H33IN8O. The first-order valence-electron chi connectivity index (χ1n) is 9.91. The summed E-state index contributed by atoms with van der Waals surface area (Å²) in [5, 5.41) is 16.1. The van der Waals surface area contributed by atoms with Gasteiger partial charge in [-0.05, 0) is 37.7 Å². The topological polar surface area (TPSA) is 85.4 Å². The van der Waals surface area contributed by atoms with Gasteiger partial charge in [0.2, 0.25) is 0 Å². The highest BCUT2D eigenvalue weighted by Crippen LogP contribution is 2.21. The molecule has 162 valence electrons. The first-order valence-corrected chi connectivity index (χ1v) is 9.91. The molecule has 29 heavy (non-hydrogen) atoms. The largest absolute Gasteiger partial charge is 0.385 e. The number of nitrogens with one attached hydrogen (secondary N) is 1. The molecule has 9 nitrogen and oxygen atoms in total. The van der Waals surface area contributed by atoms with Crippen LogP contribution in [0.2, 0.25) is 0 Å². The molecule has 2 aromatic heterocycles. The molecule has 0 spiro atoms.